The minimum absolute atomic E-state index is 0.0414. The predicted octanol–water partition coefficient (Wildman–Crippen LogP) is 1.39. The average molecular weight is 365 g/mol. The number of halogens is 1. The van der Waals surface area contributed by atoms with Crippen molar-refractivity contribution in [3.63, 3.8) is 0 Å². The molecule has 0 aromatic heterocycles. The molecule has 8 heteroatoms. The maximum atomic E-state index is 11.6. The number of ether oxygens (including phenoxy) is 1. The van der Waals surface area contributed by atoms with Crippen LogP contribution in [0.4, 0.5) is 0 Å². The van der Waals surface area contributed by atoms with Crippen LogP contribution in [0.1, 0.15) is 20.8 Å². The standard InChI is InChI=1S/C12H17BrN2O4S/c1-12(2,3)15-11(16)7-19-9-5-4-8(13)6-10(9)20(14,17)18/h4-6H,7H2,1-3H3,(H,15,16)(H2,14,17,18). The minimum Gasteiger partial charge on any atom is -0.482 e. The first-order chi connectivity index (χ1) is 8.99. The number of amides is 1. The van der Waals surface area contributed by atoms with E-state index in [1.165, 1.54) is 12.1 Å². The van der Waals surface area contributed by atoms with E-state index in [0.29, 0.717) is 4.47 Å². The summed E-state index contributed by atoms with van der Waals surface area (Å²) in [6.45, 7) is 5.21. The van der Waals surface area contributed by atoms with Gasteiger partial charge in [-0.1, -0.05) is 15.9 Å². The van der Waals surface area contributed by atoms with Crippen LogP contribution >= 0.6 is 15.9 Å². The largest absolute Gasteiger partial charge is 0.482 e. The number of carbonyl (C=O) groups is 1. The Morgan fingerprint density at radius 1 is 1.40 bits per heavy atom. The van der Waals surface area contributed by atoms with Gasteiger partial charge in [-0.3, -0.25) is 4.79 Å². The van der Waals surface area contributed by atoms with Crippen molar-refractivity contribution in [2.75, 3.05) is 6.61 Å². The number of hydrogen-bond donors (Lipinski definition) is 2. The van der Waals surface area contributed by atoms with Crippen molar-refractivity contribution in [2.45, 2.75) is 31.2 Å². The van der Waals surface area contributed by atoms with Gasteiger partial charge in [-0.05, 0) is 39.0 Å². The highest BCUT2D eigenvalue weighted by molar-refractivity contribution is 9.10. The topological polar surface area (TPSA) is 98.5 Å². The highest BCUT2D eigenvalue weighted by Crippen LogP contribution is 2.26. The fraction of sp³-hybridized carbons (Fsp3) is 0.417. The summed E-state index contributed by atoms with van der Waals surface area (Å²) in [7, 11) is -3.93. The van der Waals surface area contributed by atoms with E-state index in [1.54, 1.807) is 6.07 Å². The summed E-state index contributed by atoms with van der Waals surface area (Å²) < 4.78 is 28.7. The van der Waals surface area contributed by atoms with Gasteiger partial charge >= 0.3 is 0 Å². The van der Waals surface area contributed by atoms with Gasteiger partial charge in [0.15, 0.2) is 6.61 Å². The maximum Gasteiger partial charge on any atom is 0.258 e. The SMILES string of the molecule is CC(C)(C)NC(=O)COc1ccc(Br)cc1S(N)(=O)=O. The monoisotopic (exact) mass is 364 g/mol. The third-order valence-electron chi connectivity index (χ3n) is 2.09. The summed E-state index contributed by atoms with van der Waals surface area (Å²) in [5.74, 6) is -0.305. The summed E-state index contributed by atoms with van der Waals surface area (Å²) in [5.41, 5.74) is -0.386. The fourth-order valence-electron chi connectivity index (χ4n) is 1.42. The molecule has 0 aliphatic rings. The second kappa shape index (κ2) is 6.11. The molecule has 1 aromatic carbocycles. The van der Waals surface area contributed by atoms with Crippen LogP contribution in [0.15, 0.2) is 27.6 Å². The molecule has 20 heavy (non-hydrogen) atoms. The normalized spacial score (nSPS) is 12.1. The van der Waals surface area contributed by atoms with E-state index in [2.05, 4.69) is 21.2 Å². The summed E-state index contributed by atoms with van der Waals surface area (Å²) in [6, 6.07) is 4.37. The van der Waals surface area contributed by atoms with E-state index < -0.39 is 10.0 Å². The second-order valence-electron chi connectivity index (χ2n) is 5.22. The van der Waals surface area contributed by atoms with Crippen LogP contribution in [0.25, 0.3) is 0 Å². The number of primary sulfonamides is 1. The van der Waals surface area contributed by atoms with E-state index >= 15 is 0 Å². The van der Waals surface area contributed by atoms with Crippen LogP contribution in [0.5, 0.6) is 5.75 Å². The molecule has 0 aliphatic carbocycles. The number of nitrogens with one attached hydrogen (secondary N) is 1. The van der Waals surface area contributed by atoms with Crippen molar-refractivity contribution < 1.29 is 17.9 Å². The third-order valence-corrected chi connectivity index (χ3v) is 3.51. The Morgan fingerprint density at radius 2 is 2.00 bits per heavy atom. The zero-order valence-electron chi connectivity index (χ0n) is 11.4. The number of hydrogen-bond acceptors (Lipinski definition) is 4. The Hall–Kier alpha value is -1.12. The summed E-state index contributed by atoms with van der Waals surface area (Å²) in [5, 5.41) is 7.81. The van der Waals surface area contributed by atoms with Crippen LogP contribution in [0.2, 0.25) is 0 Å². The van der Waals surface area contributed by atoms with Gasteiger partial charge < -0.3 is 10.1 Å². The molecule has 0 bridgehead atoms. The van der Waals surface area contributed by atoms with Crippen molar-refractivity contribution in [3.05, 3.63) is 22.7 Å². The van der Waals surface area contributed by atoms with E-state index in [1.807, 2.05) is 20.8 Å². The van der Waals surface area contributed by atoms with E-state index in [-0.39, 0.29) is 28.7 Å². The van der Waals surface area contributed by atoms with Crippen LogP contribution in [0, 0.1) is 0 Å². The van der Waals surface area contributed by atoms with Crippen LogP contribution in [-0.4, -0.2) is 26.5 Å². The lowest BCUT2D eigenvalue weighted by atomic mass is 10.1. The number of sulfonamides is 1. The average Bonchev–Trinajstić information content (AvgIpc) is 2.23. The quantitative estimate of drug-likeness (QED) is 0.842. The van der Waals surface area contributed by atoms with Gasteiger partial charge in [0.1, 0.15) is 10.6 Å². The molecular formula is C12H17BrN2O4S. The van der Waals surface area contributed by atoms with Crippen molar-refractivity contribution in [2.24, 2.45) is 5.14 Å². The Bertz CT molecular complexity index is 608. The Morgan fingerprint density at radius 3 is 2.50 bits per heavy atom. The van der Waals surface area contributed by atoms with E-state index in [9.17, 15) is 13.2 Å². The predicted molar refractivity (Wildman–Crippen MR) is 78.9 cm³/mol. The molecule has 0 spiro atoms. The van der Waals surface area contributed by atoms with Gasteiger partial charge in [-0.15, -0.1) is 0 Å². The van der Waals surface area contributed by atoms with Crippen LogP contribution in [-0.2, 0) is 14.8 Å². The smallest absolute Gasteiger partial charge is 0.258 e. The molecule has 112 valence electrons. The molecule has 0 saturated carbocycles. The number of rotatable bonds is 4. The molecule has 1 rings (SSSR count). The molecule has 0 aliphatic heterocycles. The van der Waals surface area contributed by atoms with Gasteiger partial charge in [0.2, 0.25) is 10.0 Å². The zero-order valence-corrected chi connectivity index (χ0v) is 13.8. The van der Waals surface area contributed by atoms with Crippen molar-refractivity contribution in [1.82, 2.24) is 5.32 Å². The lowest BCUT2D eigenvalue weighted by Crippen LogP contribution is -2.43. The van der Waals surface area contributed by atoms with Crippen molar-refractivity contribution >= 4 is 31.9 Å². The zero-order chi connectivity index (χ0) is 15.6. The molecule has 0 fully saturated rings. The number of carbonyl (C=O) groups excluding carboxylic acids is 1. The number of benzene rings is 1. The molecule has 1 amide bonds. The molecule has 0 saturated heterocycles. The molecule has 0 radical (unpaired) electrons. The highest BCUT2D eigenvalue weighted by atomic mass is 79.9. The first kappa shape index (κ1) is 16.9. The molecule has 6 nitrogen and oxygen atoms in total. The fourth-order valence-corrected chi connectivity index (χ4v) is 2.63. The second-order valence-corrected chi connectivity index (χ2v) is 7.67. The van der Waals surface area contributed by atoms with Crippen LogP contribution < -0.4 is 15.2 Å². The summed E-state index contributed by atoms with van der Waals surface area (Å²) >= 11 is 3.15. The first-order valence-corrected chi connectivity index (χ1v) is 8.09. The van der Waals surface area contributed by atoms with Gasteiger partial charge in [0.05, 0.1) is 0 Å². The van der Waals surface area contributed by atoms with E-state index in [4.69, 9.17) is 9.88 Å². The maximum absolute atomic E-state index is 11.6. The molecule has 0 heterocycles. The molecule has 1 aromatic rings. The lowest BCUT2D eigenvalue weighted by Gasteiger charge is -2.20. The van der Waals surface area contributed by atoms with Crippen LogP contribution in [0.3, 0.4) is 0 Å². The van der Waals surface area contributed by atoms with Gasteiger partial charge in [0, 0.05) is 10.0 Å². The molecule has 0 unspecified atom stereocenters. The minimum atomic E-state index is -3.93. The van der Waals surface area contributed by atoms with Crippen molar-refractivity contribution in [1.29, 1.82) is 0 Å². The number of nitrogens with two attached hydrogens (primary N) is 1. The Labute approximate surface area is 126 Å². The van der Waals surface area contributed by atoms with E-state index in [0.717, 1.165) is 0 Å². The molecular weight excluding hydrogens is 348 g/mol. The summed E-state index contributed by atoms with van der Waals surface area (Å²) in [4.78, 5) is 11.5. The van der Waals surface area contributed by atoms with Gasteiger partial charge in [0.25, 0.3) is 5.91 Å². The van der Waals surface area contributed by atoms with Gasteiger partial charge in [-0.2, -0.15) is 0 Å². The first-order valence-electron chi connectivity index (χ1n) is 5.75. The lowest BCUT2D eigenvalue weighted by molar-refractivity contribution is -0.124. The van der Waals surface area contributed by atoms with Gasteiger partial charge in [-0.25, -0.2) is 13.6 Å². The summed E-state index contributed by atoms with van der Waals surface area (Å²) in [6.07, 6.45) is 0. The third kappa shape index (κ3) is 5.48. The van der Waals surface area contributed by atoms with Crippen molar-refractivity contribution in [3.8, 4) is 5.75 Å². The molecule has 0 atom stereocenters. The highest BCUT2D eigenvalue weighted by Gasteiger charge is 2.18. The Balaban J connectivity index is 2.87. The Kier molecular flexibility index (Phi) is 5.17. The molecule has 3 N–H and O–H groups in total.